The summed E-state index contributed by atoms with van der Waals surface area (Å²) in [6, 6.07) is 12.4. The molecular formula is C21H22ClN5O2. The Morgan fingerprint density at radius 2 is 1.79 bits per heavy atom. The van der Waals surface area contributed by atoms with Gasteiger partial charge in [0.15, 0.2) is 5.69 Å². The summed E-state index contributed by atoms with van der Waals surface area (Å²) in [5, 5.41) is 14.9. The van der Waals surface area contributed by atoms with Crippen molar-refractivity contribution in [3.8, 4) is 5.69 Å². The van der Waals surface area contributed by atoms with Gasteiger partial charge in [0, 0.05) is 22.3 Å². The molecule has 150 valence electrons. The number of anilines is 2. The van der Waals surface area contributed by atoms with Gasteiger partial charge in [0.1, 0.15) is 0 Å². The molecule has 3 rings (SSSR count). The van der Waals surface area contributed by atoms with Crippen molar-refractivity contribution < 1.29 is 9.59 Å². The smallest absolute Gasteiger partial charge is 0.278 e. The van der Waals surface area contributed by atoms with Crippen molar-refractivity contribution in [3.63, 3.8) is 0 Å². The average Bonchev–Trinajstić information content (AvgIpc) is 3.06. The molecule has 8 heteroatoms. The number of halogens is 1. The number of rotatable bonds is 5. The maximum Gasteiger partial charge on any atom is 0.278 e. The highest BCUT2D eigenvalue weighted by Crippen LogP contribution is 2.22. The summed E-state index contributed by atoms with van der Waals surface area (Å²) >= 11 is 6.02. The molecular weight excluding hydrogens is 390 g/mol. The minimum Gasteiger partial charge on any atom is -0.326 e. The standard InChI is InChI=1S/C21H22ClN5O2/c1-12(2)20(28)23-16-9-8-13(3)18(11-16)24-21(29)19-14(4)25-27(26-19)17-7-5-6-15(22)10-17/h5-12H,1-4H3,(H,23,28)(H,24,29). The molecule has 2 N–H and O–H groups in total. The second-order valence-electron chi connectivity index (χ2n) is 7.03. The van der Waals surface area contributed by atoms with Crippen LogP contribution >= 0.6 is 11.6 Å². The molecule has 2 amide bonds. The Hall–Kier alpha value is -3.19. The van der Waals surface area contributed by atoms with Crippen LogP contribution in [0.4, 0.5) is 11.4 Å². The van der Waals surface area contributed by atoms with E-state index in [4.69, 9.17) is 11.6 Å². The van der Waals surface area contributed by atoms with Gasteiger partial charge in [-0.05, 0) is 49.7 Å². The molecule has 1 heterocycles. The molecule has 0 saturated carbocycles. The van der Waals surface area contributed by atoms with Gasteiger partial charge in [-0.3, -0.25) is 9.59 Å². The summed E-state index contributed by atoms with van der Waals surface area (Å²) < 4.78 is 0. The zero-order valence-electron chi connectivity index (χ0n) is 16.7. The van der Waals surface area contributed by atoms with Gasteiger partial charge in [0.25, 0.3) is 5.91 Å². The summed E-state index contributed by atoms with van der Waals surface area (Å²) in [5.74, 6) is -0.615. The summed E-state index contributed by atoms with van der Waals surface area (Å²) in [4.78, 5) is 26.1. The summed E-state index contributed by atoms with van der Waals surface area (Å²) in [6.45, 7) is 7.23. The van der Waals surface area contributed by atoms with Crippen LogP contribution in [0.5, 0.6) is 0 Å². The second kappa shape index (κ2) is 8.45. The van der Waals surface area contributed by atoms with Crippen LogP contribution in [-0.2, 0) is 4.79 Å². The predicted octanol–water partition coefficient (Wildman–Crippen LogP) is 4.38. The van der Waals surface area contributed by atoms with E-state index in [-0.39, 0.29) is 23.4 Å². The molecule has 0 aliphatic carbocycles. The quantitative estimate of drug-likeness (QED) is 0.651. The van der Waals surface area contributed by atoms with E-state index >= 15 is 0 Å². The molecule has 7 nitrogen and oxygen atoms in total. The number of aryl methyl sites for hydroxylation is 2. The van der Waals surface area contributed by atoms with Crippen LogP contribution in [-0.4, -0.2) is 26.8 Å². The van der Waals surface area contributed by atoms with Crippen molar-refractivity contribution in [1.29, 1.82) is 0 Å². The largest absolute Gasteiger partial charge is 0.326 e. The van der Waals surface area contributed by atoms with Gasteiger partial charge in [-0.15, -0.1) is 5.10 Å². The van der Waals surface area contributed by atoms with Gasteiger partial charge < -0.3 is 10.6 Å². The molecule has 0 atom stereocenters. The van der Waals surface area contributed by atoms with Crippen molar-refractivity contribution in [2.45, 2.75) is 27.7 Å². The lowest BCUT2D eigenvalue weighted by atomic mass is 10.1. The molecule has 2 aromatic carbocycles. The van der Waals surface area contributed by atoms with Crippen molar-refractivity contribution in [2.24, 2.45) is 5.92 Å². The lowest BCUT2D eigenvalue weighted by molar-refractivity contribution is -0.118. The van der Waals surface area contributed by atoms with E-state index in [1.165, 1.54) is 4.80 Å². The van der Waals surface area contributed by atoms with Gasteiger partial charge in [-0.1, -0.05) is 37.6 Å². The first-order valence-electron chi connectivity index (χ1n) is 9.17. The fourth-order valence-corrected chi connectivity index (χ4v) is 2.79. The van der Waals surface area contributed by atoms with E-state index in [1.807, 2.05) is 26.8 Å². The Labute approximate surface area is 174 Å². The fourth-order valence-electron chi connectivity index (χ4n) is 2.61. The molecule has 0 radical (unpaired) electrons. The molecule has 0 aliphatic heterocycles. The Bertz CT molecular complexity index is 1070. The summed E-state index contributed by atoms with van der Waals surface area (Å²) in [7, 11) is 0. The van der Waals surface area contributed by atoms with Gasteiger partial charge in [-0.2, -0.15) is 9.90 Å². The number of nitrogens with one attached hydrogen (secondary N) is 2. The number of nitrogens with zero attached hydrogens (tertiary/aromatic N) is 3. The second-order valence-corrected chi connectivity index (χ2v) is 7.47. The third-order valence-electron chi connectivity index (χ3n) is 4.31. The lowest BCUT2D eigenvalue weighted by Gasteiger charge is -2.12. The van der Waals surface area contributed by atoms with Crippen molar-refractivity contribution >= 4 is 34.8 Å². The molecule has 0 bridgehead atoms. The molecule has 0 spiro atoms. The van der Waals surface area contributed by atoms with Gasteiger partial charge in [0.2, 0.25) is 5.91 Å². The number of amides is 2. The van der Waals surface area contributed by atoms with Crippen molar-refractivity contribution in [3.05, 3.63) is 64.4 Å². The maximum atomic E-state index is 12.8. The van der Waals surface area contributed by atoms with Crippen LogP contribution < -0.4 is 10.6 Å². The lowest BCUT2D eigenvalue weighted by Crippen LogP contribution is -2.18. The molecule has 3 aromatic rings. The van der Waals surface area contributed by atoms with E-state index in [2.05, 4.69) is 20.8 Å². The average molecular weight is 412 g/mol. The van der Waals surface area contributed by atoms with Gasteiger partial charge in [-0.25, -0.2) is 0 Å². The Kier molecular flexibility index (Phi) is 5.98. The van der Waals surface area contributed by atoms with Crippen LogP contribution in [0.15, 0.2) is 42.5 Å². The number of benzene rings is 2. The third kappa shape index (κ3) is 4.81. The number of carbonyl (C=O) groups is 2. The molecule has 0 unspecified atom stereocenters. The SMILES string of the molecule is Cc1ccc(NC(=O)C(C)C)cc1NC(=O)c1nn(-c2cccc(Cl)c2)nc1C. The van der Waals surface area contributed by atoms with E-state index < -0.39 is 0 Å². The predicted molar refractivity (Wildman–Crippen MR) is 114 cm³/mol. The topological polar surface area (TPSA) is 88.9 Å². The fraction of sp³-hybridized carbons (Fsp3) is 0.238. The molecule has 0 fully saturated rings. The third-order valence-corrected chi connectivity index (χ3v) is 4.55. The molecule has 29 heavy (non-hydrogen) atoms. The van der Waals surface area contributed by atoms with Gasteiger partial charge in [0.05, 0.1) is 11.4 Å². The first-order chi connectivity index (χ1) is 13.7. The maximum absolute atomic E-state index is 12.8. The minimum atomic E-state index is -0.383. The van der Waals surface area contributed by atoms with Crippen LogP contribution in [0, 0.1) is 19.8 Å². The number of hydrogen-bond acceptors (Lipinski definition) is 4. The first-order valence-corrected chi connectivity index (χ1v) is 9.55. The van der Waals surface area contributed by atoms with Crippen LogP contribution in [0.2, 0.25) is 5.02 Å². The highest BCUT2D eigenvalue weighted by molar-refractivity contribution is 6.30. The monoisotopic (exact) mass is 411 g/mol. The molecule has 1 aromatic heterocycles. The zero-order chi connectivity index (χ0) is 21.1. The number of aromatic nitrogens is 3. The molecule has 0 saturated heterocycles. The van der Waals surface area contributed by atoms with Crippen LogP contribution in [0.3, 0.4) is 0 Å². The van der Waals surface area contributed by atoms with E-state index in [1.54, 1.807) is 43.3 Å². The minimum absolute atomic E-state index is 0.0913. The number of hydrogen-bond donors (Lipinski definition) is 2. The van der Waals surface area contributed by atoms with Crippen LogP contribution in [0.1, 0.15) is 35.6 Å². The molecule has 0 aliphatic rings. The van der Waals surface area contributed by atoms with Crippen molar-refractivity contribution in [2.75, 3.05) is 10.6 Å². The summed E-state index contributed by atoms with van der Waals surface area (Å²) in [6.07, 6.45) is 0. The highest BCUT2D eigenvalue weighted by atomic mass is 35.5. The van der Waals surface area contributed by atoms with Gasteiger partial charge >= 0.3 is 0 Å². The highest BCUT2D eigenvalue weighted by Gasteiger charge is 2.18. The van der Waals surface area contributed by atoms with Crippen molar-refractivity contribution in [1.82, 2.24) is 15.0 Å². The Morgan fingerprint density at radius 3 is 2.48 bits per heavy atom. The van der Waals surface area contributed by atoms with E-state index in [0.29, 0.717) is 27.8 Å². The van der Waals surface area contributed by atoms with E-state index in [9.17, 15) is 9.59 Å². The zero-order valence-corrected chi connectivity index (χ0v) is 17.4. The summed E-state index contributed by atoms with van der Waals surface area (Å²) in [5.41, 5.74) is 3.43. The normalized spacial score (nSPS) is 10.8. The number of carbonyl (C=O) groups excluding carboxylic acids is 2. The Balaban J connectivity index is 1.83. The first kappa shape index (κ1) is 20.5. The Morgan fingerprint density at radius 1 is 1.03 bits per heavy atom. The van der Waals surface area contributed by atoms with E-state index in [0.717, 1.165) is 5.56 Å². The van der Waals surface area contributed by atoms with Crippen LogP contribution in [0.25, 0.3) is 5.69 Å².